The second kappa shape index (κ2) is 5.06. The van der Waals surface area contributed by atoms with Crippen LogP contribution in [0.4, 0.5) is 0 Å². The molecule has 0 aliphatic heterocycles. The standard InChI is InChI=1S/C14H21N3O/c1-11-6-5-7-12(16-11)10-17(2)13(18)14(15)8-3-4-9-14/h5-7H,3-4,8-10,15H2,1-2H3. The van der Waals surface area contributed by atoms with Crippen LogP contribution in [0.25, 0.3) is 0 Å². The van der Waals surface area contributed by atoms with Crippen molar-refractivity contribution >= 4 is 5.91 Å². The zero-order valence-electron chi connectivity index (χ0n) is 11.1. The van der Waals surface area contributed by atoms with Crippen molar-refractivity contribution in [2.45, 2.75) is 44.7 Å². The van der Waals surface area contributed by atoms with Gasteiger partial charge in [0.25, 0.3) is 0 Å². The molecule has 0 spiro atoms. The maximum absolute atomic E-state index is 12.3. The van der Waals surface area contributed by atoms with E-state index in [0.29, 0.717) is 6.54 Å². The van der Waals surface area contributed by atoms with Crippen molar-refractivity contribution in [1.82, 2.24) is 9.88 Å². The third kappa shape index (κ3) is 2.70. The molecular formula is C14H21N3O. The molecule has 0 saturated heterocycles. The van der Waals surface area contributed by atoms with Crippen LogP contribution in [0.2, 0.25) is 0 Å². The Morgan fingerprint density at radius 2 is 2.11 bits per heavy atom. The summed E-state index contributed by atoms with van der Waals surface area (Å²) in [6.45, 7) is 2.48. The van der Waals surface area contributed by atoms with Gasteiger partial charge in [-0.25, -0.2) is 0 Å². The molecule has 2 rings (SSSR count). The first-order valence-electron chi connectivity index (χ1n) is 6.48. The minimum Gasteiger partial charge on any atom is -0.338 e. The Hall–Kier alpha value is -1.42. The van der Waals surface area contributed by atoms with E-state index in [2.05, 4.69) is 4.98 Å². The number of likely N-dealkylation sites (N-methyl/N-ethyl adjacent to an activating group) is 1. The van der Waals surface area contributed by atoms with Gasteiger partial charge in [0, 0.05) is 12.7 Å². The van der Waals surface area contributed by atoms with E-state index in [0.717, 1.165) is 37.1 Å². The van der Waals surface area contributed by atoms with E-state index in [1.807, 2.05) is 25.1 Å². The van der Waals surface area contributed by atoms with Crippen molar-refractivity contribution in [1.29, 1.82) is 0 Å². The number of carbonyl (C=O) groups excluding carboxylic acids is 1. The van der Waals surface area contributed by atoms with Crippen molar-refractivity contribution in [2.75, 3.05) is 7.05 Å². The minimum absolute atomic E-state index is 0.0447. The maximum Gasteiger partial charge on any atom is 0.242 e. The average Bonchev–Trinajstić information content (AvgIpc) is 2.76. The van der Waals surface area contributed by atoms with Crippen molar-refractivity contribution in [3.63, 3.8) is 0 Å². The molecule has 2 N–H and O–H groups in total. The molecule has 4 heteroatoms. The average molecular weight is 247 g/mol. The summed E-state index contributed by atoms with van der Waals surface area (Å²) in [7, 11) is 1.80. The molecule has 0 bridgehead atoms. The highest BCUT2D eigenvalue weighted by molar-refractivity contribution is 5.86. The zero-order chi connectivity index (χ0) is 13.2. The quantitative estimate of drug-likeness (QED) is 0.883. The van der Waals surface area contributed by atoms with Crippen LogP contribution in [0.15, 0.2) is 18.2 Å². The van der Waals surface area contributed by atoms with Crippen LogP contribution in [0.5, 0.6) is 0 Å². The Balaban J connectivity index is 2.03. The summed E-state index contributed by atoms with van der Waals surface area (Å²) < 4.78 is 0. The normalized spacial score (nSPS) is 17.7. The summed E-state index contributed by atoms with van der Waals surface area (Å²) >= 11 is 0. The Labute approximate surface area is 108 Å². The smallest absolute Gasteiger partial charge is 0.242 e. The fraction of sp³-hybridized carbons (Fsp3) is 0.571. The second-order valence-electron chi connectivity index (χ2n) is 5.29. The lowest BCUT2D eigenvalue weighted by Gasteiger charge is -2.28. The first kappa shape index (κ1) is 13.0. The number of aromatic nitrogens is 1. The number of pyridine rings is 1. The summed E-state index contributed by atoms with van der Waals surface area (Å²) in [5.74, 6) is 0.0447. The molecule has 0 atom stereocenters. The third-order valence-corrected chi connectivity index (χ3v) is 3.61. The Morgan fingerprint density at radius 3 is 2.72 bits per heavy atom. The lowest BCUT2D eigenvalue weighted by atomic mass is 9.97. The molecule has 1 fully saturated rings. The minimum atomic E-state index is -0.640. The predicted octanol–water partition coefficient (Wildman–Crippen LogP) is 1.62. The topological polar surface area (TPSA) is 59.2 Å². The van der Waals surface area contributed by atoms with E-state index >= 15 is 0 Å². The number of amides is 1. The SMILES string of the molecule is Cc1cccc(CN(C)C(=O)C2(N)CCCC2)n1. The van der Waals surface area contributed by atoms with Crippen LogP contribution in [0.3, 0.4) is 0 Å². The fourth-order valence-corrected chi connectivity index (χ4v) is 2.60. The first-order valence-corrected chi connectivity index (χ1v) is 6.48. The van der Waals surface area contributed by atoms with E-state index in [4.69, 9.17) is 5.73 Å². The molecule has 1 heterocycles. The molecule has 0 radical (unpaired) electrons. The number of nitrogens with zero attached hydrogens (tertiary/aromatic N) is 2. The number of aryl methyl sites for hydroxylation is 1. The van der Waals surface area contributed by atoms with Gasteiger partial charge in [-0.2, -0.15) is 0 Å². The molecule has 0 aromatic carbocycles. The van der Waals surface area contributed by atoms with E-state index < -0.39 is 5.54 Å². The number of carbonyl (C=O) groups is 1. The monoisotopic (exact) mass is 247 g/mol. The molecule has 1 aromatic heterocycles. The van der Waals surface area contributed by atoms with Gasteiger partial charge >= 0.3 is 0 Å². The Bertz CT molecular complexity index is 438. The van der Waals surface area contributed by atoms with Gasteiger partial charge in [0.1, 0.15) is 0 Å². The lowest BCUT2D eigenvalue weighted by molar-refractivity contribution is -0.136. The van der Waals surface area contributed by atoms with Crippen LogP contribution in [-0.4, -0.2) is 28.4 Å². The van der Waals surface area contributed by atoms with Gasteiger partial charge in [0.2, 0.25) is 5.91 Å². The fourth-order valence-electron chi connectivity index (χ4n) is 2.60. The van der Waals surface area contributed by atoms with Crippen molar-refractivity contribution < 1.29 is 4.79 Å². The molecular weight excluding hydrogens is 226 g/mol. The highest BCUT2D eigenvalue weighted by Crippen LogP contribution is 2.28. The van der Waals surface area contributed by atoms with E-state index in [9.17, 15) is 4.79 Å². The van der Waals surface area contributed by atoms with Gasteiger partial charge in [-0.15, -0.1) is 0 Å². The maximum atomic E-state index is 12.3. The Morgan fingerprint density at radius 1 is 1.44 bits per heavy atom. The molecule has 0 unspecified atom stereocenters. The number of hydrogen-bond donors (Lipinski definition) is 1. The second-order valence-corrected chi connectivity index (χ2v) is 5.29. The molecule has 1 aliphatic carbocycles. The van der Waals surface area contributed by atoms with Gasteiger partial charge < -0.3 is 10.6 Å². The molecule has 1 aliphatic rings. The van der Waals surface area contributed by atoms with Gasteiger partial charge in [-0.3, -0.25) is 9.78 Å². The molecule has 1 amide bonds. The number of nitrogens with two attached hydrogens (primary N) is 1. The van der Waals surface area contributed by atoms with Crippen LogP contribution in [-0.2, 0) is 11.3 Å². The van der Waals surface area contributed by atoms with E-state index in [-0.39, 0.29) is 5.91 Å². The molecule has 1 aromatic rings. The zero-order valence-corrected chi connectivity index (χ0v) is 11.1. The van der Waals surface area contributed by atoms with E-state index in [1.54, 1.807) is 11.9 Å². The molecule has 4 nitrogen and oxygen atoms in total. The first-order chi connectivity index (χ1) is 8.51. The summed E-state index contributed by atoms with van der Waals surface area (Å²) in [5, 5.41) is 0. The van der Waals surface area contributed by atoms with Crippen LogP contribution < -0.4 is 5.73 Å². The summed E-state index contributed by atoms with van der Waals surface area (Å²) in [4.78, 5) is 18.4. The van der Waals surface area contributed by atoms with Gasteiger partial charge in [0.05, 0.1) is 17.8 Å². The summed E-state index contributed by atoms with van der Waals surface area (Å²) in [5.41, 5.74) is 7.41. The number of rotatable bonds is 3. The number of hydrogen-bond acceptors (Lipinski definition) is 3. The highest BCUT2D eigenvalue weighted by atomic mass is 16.2. The largest absolute Gasteiger partial charge is 0.338 e. The van der Waals surface area contributed by atoms with Crippen molar-refractivity contribution in [2.24, 2.45) is 5.73 Å². The van der Waals surface area contributed by atoms with Crippen molar-refractivity contribution in [3.05, 3.63) is 29.6 Å². The molecule has 1 saturated carbocycles. The van der Waals surface area contributed by atoms with Crippen LogP contribution in [0.1, 0.15) is 37.1 Å². The predicted molar refractivity (Wildman–Crippen MR) is 70.8 cm³/mol. The van der Waals surface area contributed by atoms with Gasteiger partial charge in [0.15, 0.2) is 0 Å². The summed E-state index contributed by atoms with van der Waals surface area (Å²) in [6.07, 6.45) is 3.71. The molecule has 18 heavy (non-hydrogen) atoms. The highest BCUT2D eigenvalue weighted by Gasteiger charge is 2.38. The lowest BCUT2D eigenvalue weighted by Crippen LogP contribution is -2.52. The van der Waals surface area contributed by atoms with Crippen molar-refractivity contribution in [3.8, 4) is 0 Å². The molecule has 98 valence electrons. The summed E-state index contributed by atoms with van der Waals surface area (Å²) in [6, 6.07) is 5.85. The Kier molecular flexibility index (Phi) is 3.66. The van der Waals surface area contributed by atoms with Crippen LogP contribution >= 0.6 is 0 Å². The van der Waals surface area contributed by atoms with Gasteiger partial charge in [-0.05, 0) is 31.9 Å². The van der Waals surface area contributed by atoms with E-state index in [1.165, 1.54) is 0 Å². The van der Waals surface area contributed by atoms with Crippen LogP contribution in [0, 0.1) is 6.92 Å². The third-order valence-electron chi connectivity index (χ3n) is 3.61. The van der Waals surface area contributed by atoms with Gasteiger partial charge in [-0.1, -0.05) is 18.9 Å².